The number of hydrogen-bond acceptors (Lipinski definition) is 10. The summed E-state index contributed by atoms with van der Waals surface area (Å²) in [6.07, 6.45) is 5.21. The molecule has 12 rings (SSSR count). The van der Waals surface area contributed by atoms with E-state index in [0.717, 1.165) is 108 Å². The van der Waals surface area contributed by atoms with E-state index in [2.05, 4.69) is 125 Å². The topological polar surface area (TPSA) is 171 Å². The molecule has 4 amide bonds. The molecule has 82 heavy (non-hydrogen) atoms. The van der Waals surface area contributed by atoms with Crippen molar-refractivity contribution in [3.05, 3.63) is 168 Å². The normalized spacial score (nSPS) is 19.2. The number of hydrogen-bond donors (Lipinski definition) is 5. The molecule has 0 aromatic heterocycles. The molecule has 0 bridgehead atoms. The molecule has 0 unspecified atom stereocenters. The molecule has 428 valence electrons. The van der Waals surface area contributed by atoms with Crippen molar-refractivity contribution < 1.29 is 28.7 Å². The van der Waals surface area contributed by atoms with E-state index < -0.39 is 23.3 Å². The number of carbonyl (C=O) groups is 4. The van der Waals surface area contributed by atoms with Gasteiger partial charge in [0.25, 0.3) is 0 Å². The van der Waals surface area contributed by atoms with Crippen molar-refractivity contribution in [3.8, 4) is 22.3 Å². The number of amides is 4. The quantitative estimate of drug-likeness (QED) is 0.0841. The first-order chi connectivity index (χ1) is 39.6. The van der Waals surface area contributed by atoms with Gasteiger partial charge < -0.3 is 51.2 Å². The standard InChI is InChI=1S/C49H50N4O5.C19H30N4O/c1-48(2)22-26-52(27-23-48)34-13-11-12-33(30-34)50-45(54)49(51-46(55)57-31-43-39-18-7-3-14-35(39)36-15-4-8-19-40(36)43)24-28-53(29-25-49)47(56)58-32-44-41-20-9-5-16-37(41)38-17-6-10-21-42(38)44;1-18(2)8-12-23(13-9-18)16-5-3-4-15(14-16)22-17(24)19(20)6-10-21-11-7-19/h3-21,30,43-44H,22-29,31-32H2,1-2H3,(H,50,54)(H,51,55);3-5,14,21H,6-13,20H2,1-2H3,(H,22,24). The summed E-state index contributed by atoms with van der Waals surface area (Å²) in [6.45, 7) is 15.7. The van der Waals surface area contributed by atoms with Crippen LogP contribution < -0.4 is 36.8 Å². The van der Waals surface area contributed by atoms with Gasteiger partial charge in [0.1, 0.15) is 18.8 Å². The van der Waals surface area contributed by atoms with Gasteiger partial charge in [0.2, 0.25) is 11.8 Å². The average molecular weight is 1110 g/mol. The van der Waals surface area contributed by atoms with Crippen LogP contribution in [0.2, 0.25) is 0 Å². The van der Waals surface area contributed by atoms with Crippen LogP contribution in [0.1, 0.15) is 113 Å². The zero-order chi connectivity index (χ0) is 57.1. The second-order valence-electron chi connectivity index (χ2n) is 25.0. The van der Waals surface area contributed by atoms with Gasteiger partial charge in [-0.25, -0.2) is 9.59 Å². The number of piperidine rings is 4. The van der Waals surface area contributed by atoms with Crippen molar-refractivity contribution in [2.24, 2.45) is 16.6 Å². The summed E-state index contributed by atoms with van der Waals surface area (Å²) in [6, 6.07) is 49.0. The van der Waals surface area contributed by atoms with Crippen molar-refractivity contribution in [2.45, 2.75) is 102 Å². The SMILES string of the molecule is CC1(C)CCN(c2cccc(NC(=O)C3(N)CCNCC3)c2)CC1.CC1(C)CCN(c2cccc(NC(=O)C3(NC(=O)OCC4c5ccccc5-c5ccccc54)CCN(C(=O)OCC4c5ccccc5-c5ccccc54)CC3)c2)CC1. The number of anilines is 4. The number of fused-ring (bicyclic) bond motifs is 6. The number of rotatable bonds is 11. The van der Waals surface area contributed by atoms with Gasteiger partial charge in [-0.05, 0) is 156 Å². The molecule has 6 N–H and O–H groups in total. The van der Waals surface area contributed by atoms with E-state index in [1.165, 1.54) is 18.5 Å². The number of benzene rings is 6. The molecular weight excluding hydrogens is 1020 g/mol. The number of nitrogens with one attached hydrogen (secondary N) is 4. The molecule has 6 aromatic carbocycles. The van der Waals surface area contributed by atoms with E-state index >= 15 is 0 Å². The van der Waals surface area contributed by atoms with Gasteiger partial charge in [0, 0.05) is 73.9 Å². The first kappa shape index (κ1) is 56.2. The largest absolute Gasteiger partial charge is 0.449 e. The Balaban J connectivity index is 0.000000245. The highest BCUT2D eigenvalue weighted by Gasteiger charge is 2.45. The molecule has 4 fully saturated rings. The van der Waals surface area contributed by atoms with Crippen LogP contribution in [0, 0.1) is 10.8 Å². The Labute approximate surface area is 483 Å². The minimum Gasteiger partial charge on any atom is -0.449 e. The van der Waals surface area contributed by atoms with Crippen LogP contribution in [0.25, 0.3) is 22.3 Å². The number of likely N-dealkylation sites (tertiary alicyclic amines) is 1. The third kappa shape index (κ3) is 12.2. The first-order valence-electron chi connectivity index (χ1n) is 29.6. The summed E-state index contributed by atoms with van der Waals surface area (Å²) in [4.78, 5) is 60.9. The van der Waals surface area contributed by atoms with Crippen molar-refractivity contribution in [2.75, 3.05) is 86.0 Å². The second-order valence-corrected chi connectivity index (χ2v) is 25.0. The Morgan fingerprint density at radius 3 is 1.34 bits per heavy atom. The van der Waals surface area contributed by atoms with Gasteiger partial charge >= 0.3 is 12.2 Å². The fourth-order valence-corrected chi connectivity index (χ4v) is 12.9. The van der Waals surface area contributed by atoms with Gasteiger partial charge in [-0.1, -0.05) is 137 Å². The molecule has 6 aliphatic rings. The number of alkyl carbamates (subject to hydrolysis) is 1. The molecule has 4 heterocycles. The van der Waals surface area contributed by atoms with Gasteiger partial charge in [-0.3, -0.25) is 9.59 Å². The Morgan fingerprint density at radius 2 is 0.902 bits per heavy atom. The third-order valence-electron chi connectivity index (χ3n) is 18.5. The van der Waals surface area contributed by atoms with Gasteiger partial charge in [0.05, 0.1) is 5.54 Å². The average Bonchev–Trinajstić information content (AvgIpc) is 3.17. The maximum absolute atomic E-state index is 14.5. The van der Waals surface area contributed by atoms with Crippen LogP contribution in [0.5, 0.6) is 0 Å². The lowest BCUT2D eigenvalue weighted by atomic mass is 9.82. The molecule has 0 atom stereocenters. The number of carbonyl (C=O) groups excluding carboxylic acids is 4. The Hall–Kier alpha value is -7.68. The van der Waals surface area contributed by atoms with Gasteiger partial charge in [0.15, 0.2) is 0 Å². The van der Waals surface area contributed by atoms with Crippen LogP contribution >= 0.6 is 0 Å². The molecule has 0 saturated carbocycles. The van der Waals surface area contributed by atoms with Crippen molar-refractivity contribution >= 4 is 46.8 Å². The zero-order valence-corrected chi connectivity index (χ0v) is 48.1. The van der Waals surface area contributed by atoms with Crippen LogP contribution in [-0.2, 0) is 19.1 Å². The summed E-state index contributed by atoms with van der Waals surface area (Å²) >= 11 is 0. The van der Waals surface area contributed by atoms with Gasteiger partial charge in [-0.2, -0.15) is 0 Å². The molecule has 2 aliphatic carbocycles. The maximum Gasteiger partial charge on any atom is 0.409 e. The monoisotopic (exact) mass is 1100 g/mol. The highest BCUT2D eigenvalue weighted by atomic mass is 16.6. The van der Waals surface area contributed by atoms with E-state index in [-0.39, 0.29) is 62.8 Å². The Bertz CT molecular complexity index is 3200. The van der Waals surface area contributed by atoms with Crippen LogP contribution in [0.15, 0.2) is 146 Å². The number of ether oxygens (including phenoxy) is 2. The highest BCUT2D eigenvalue weighted by Crippen LogP contribution is 2.46. The van der Waals surface area contributed by atoms with E-state index in [1.807, 2.05) is 78.9 Å². The lowest BCUT2D eigenvalue weighted by molar-refractivity contribution is -0.124. The van der Waals surface area contributed by atoms with Crippen LogP contribution in [0.4, 0.5) is 32.3 Å². The number of nitrogens with two attached hydrogens (primary N) is 1. The zero-order valence-electron chi connectivity index (χ0n) is 48.1. The maximum atomic E-state index is 14.5. The summed E-state index contributed by atoms with van der Waals surface area (Å²) in [5, 5.41) is 12.4. The van der Waals surface area contributed by atoms with E-state index in [0.29, 0.717) is 29.4 Å². The smallest absolute Gasteiger partial charge is 0.409 e. The summed E-state index contributed by atoms with van der Waals surface area (Å²) in [7, 11) is 0. The predicted octanol–water partition coefficient (Wildman–Crippen LogP) is 11.9. The Morgan fingerprint density at radius 1 is 0.500 bits per heavy atom. The summed E-state index contributed by atoms with van der Waals surface area (Å²) < 4.78 is 12.0. The lowest BCUT2D eigenvalue weighted by Gasteiger charge is -2.40. The molecular formula is C68H80N8O6. The van der Waals surface area contributed by atoms with Crippen molar-refractivity contribution in [1.29, 1.82) is 0 Å². The predicted molar refractivity (Wildman–Crippen MR) is 326 cm³/mol. The van der Waals surface area contributed by atoms with E-state index in [4.69, 9.17) is 15.2 Å². The molecule has 0 radical (unpaired) electrons. The summed E-state index contributed by atoms with van der Waals surface area (Å²) in [5.74, 6) is -0.596. The minimum absolute atomic E-state index is 0.0616. The van der Waals surface area contributed by atoms with Crippen LogP contribution in [0.3, 0.4) is 0 Å². The van der Waals surface area contributed by atoms with Gasteiger partial charge in [-0.15, -0.1) is 0 Å². The molecule has 14 nitrogen and oxygen atoms in total. The molecule has 14 heteroatoms. The van der Waals surface area contributed by atoms with Crippen molar-refractivity contribution in [1.82, 2.24) is 15.5 Å². The Kier molecular flexibility index (Phi) is 16.2. The third-order valence-corrected chi connectivity index (χ3v) is 18.5. The molecule has 6 aromatic rings. The fourth-order valence-electron chi connectivity index (χ4n) is 12.9. The molecule has 4 aliphatic heterocycles. The number of nitrogens with zero attached hydrogens (tertiary/aromatic N) is 3. The van der Waals surface area contributed by atoms with Crippen LogP contribution in [-0.4, -0.2) is 106 Å². The van der Waals surface area contributed by atoms with E-state index in [1.54, 1.807) is 4.90 Å². The summed E-state index contributed by atoms with van der Waals surface area (Å²) in [5.41, 5.74) is 17.8. The second kappa shape index (κ2) is 23.7. The van der Waals surface area contributed by atoms with Crippen molar-refractivity contribution in [3.63, 3.8) is 0 Å². The fraction of sp³-hybridized carbons (Fsp3) is 0.412. The first-order valence-corrected chi connectivity index (χ1v) is 29.6. The minimum atomic E-state index is -1.33. The molecule has 4 saturated heterocycles. The highest BCUT2D eigenvalue weighted by molar-refractivity contribution is 6.01. The lowest BCUT2D eigenvalue weighted by Crippen LogP contribution is -2.62. The molecule has 0 spiro atoms. The van der Waals surface area contributed by atoms with E-state index in [9.17, 15) is 19.2 Å².